The number of hydrogen-bond acceptors (Lipinski definition) is 2. The third kappa shape index (κ3) is 2.37. The maximum Gasteiger partial charge on any atom is 0.141 e. The molecule has 1 heterocycles. The molecule has 1 aliphatic heterocycles. The molecule has 1 saturated heterocycles. The van der Waals surface area contributed by atoms with Crippen molar-refractivity contribution in [3.63, 3.8) is 0 Å². The molecule has 2 rings (SSSR count). The Morgan fingerprint density at radius 3 is 2.88 bits per heavy atom. The van der Waals surface area contributed by atoms with Crippen LogP contribution < -0.4 is 0 Å². The molecule has 0 saturated carbocycles. The molecular formula is C12H15ClFNO. The van der Waals surface area contributed by atoms with Gasteiger partial charge in [-0.25, -0.2) is 4.39 Å². The van der Waals surface area contributed by atoms with Crippen molar-refractivity contribution in [1.82, 2.24) is 4.90 Å². The van der Waals surface area contributed by atoms with Crippen molar-refractivity contribution in [1.29, 1.82) is 0 Å². The Balaban J connectivity index is 2.14. The van der Waals surface area contributed by atoms with E-state index in [4.69, 9.17) is 11.6 Å². The van der Waals surface area contributed by atoms with E-state index < -0.39 is 0 Å². The van der Waals surface area contributed by atoms with Crippen molar-refractivity contribution in [2.45, 2.75) is 25.5 Å². The summed E-state index contributed by atoms with van der Waals surface area (Å²) < 4.78 is 13.0. The Morgan fingerprint density at radius 2 is 2.31 bits per heavy atom. The molecule has 4 heteroatoms. The highest BCUT2D eigenvalue weighted by Crippen LogP contribution is 2.27. The summed E-state index contributed by atoms with van der Waals surface area (Å²) in [6.07, 6.45) is 0.567. The van der Waals surface area contributed by atoms with E-state index in [9.17, 15) is 9.50 Å². The van der Waals surface area contributed by atoms with Crippen LogP contribution in [-0.4, -0.2) is 29.2 Å². The molecule has 1 aromatic rings. The van der Waals surface area contributed by atoms with Crippen molar-refractivity contribution in [3.05, 3.63) is 34.6 Å². The van der Waals surface area contributed by atoms with Gasteiger partial charge >= 0.3 is 0 Å². The largest absolute Gasteiger partial charge is 0.392 e. The Labute approximate surface area is 99.6 Å². The Kier molecular flexibility index (Phi) is 3.47. The quantitative estimate of drug-likeness (QED) is 0.863. The zero-order valence-electron chi connectivity index (χ0n) is 9.16. The highest BCUT2D eigenvalue weighted by Gasteiger charge is 2.25. The molecule has 1 fully saturated rings. The first kappa shape index (κ1) is 11.8. The summed E-state index contributed by atoms with van der Waals surface area (Å²) in [4.78, 5) is 2.17. The third-order valence-corrected chi connectivity index (χ3v) is 3.46. The van der Waals surface area contributed by atoms with Gasteiger partial charge in [0.15, 0.2) is 0 Å². The zero-order valence-corrected chi connectivity index (χ0v) is 9.91. The Morgan fingerprint density at radius 1 is 1.56 bits per heavy atom. The van der Waals surface area contributed by atoms with Gasteiger partial charge in [-0.2, -0.15) is 0 Å². The van der Waals surface area contributed by atoms with Gasteiger partial charge in [-0.15, -0.1) is 0 Å². The second-order valence-electron chi connectivity index (χ2n) is 4.29. The average Bonchev–Trinajstić information content (AvgIpc) is 2.68. The molecule has 2 nitrogen and oxygen atoms in total. The molecule has 0 aromatic heterocycles. The molecule has 88 valence electrons. The Bertz CT molecular complexity index is 385. The van der Waals surface area contributed by atoms with Crippen molar-refractivity contribution < 1.29 is 9.50 Å². The molecule has 1 N–H and O–H groups in total. The molecule has 0 aliphatic carbocycles. The number of benzene rings is 1. The van der Waals surface area contributed by atoms with E-state index in [0.29, 0.717) is 6.54 Å². The molecular weight excluding hydrogens is 229 g/mol. The van der Waals surface area contributed by atoms with E-state index in [1.807, 2.05) is 6.92 Å². The normalized spacial score (nSPS) is 23.6. The minimum absolute atomic E-state index is 0.157. The first-order valence-corrected chi connectivity index (χ1v) is 5.83. The minimum Gasteiger partial charge on any atom is -0.392 e. The van der Waals surface area contributed by atoms with Crippen LogP contribution in [0.3, 0.4) is 0 Å². The van der Waals surface area contributed by atoms with Gasteiger partial charge in [-0.1, -0.05) is 17.7 Å². The van der Waals surface area contributed by atoms with Crippen LogP contribution in [0.4, 0.5) is 4.39 Å². The van der Waals surface area contributed by atoms with Gasteiger partial charge in [-0.05, 0) is 31.0 Å². The maximum absolute atomic E-state index is 13.0. The highest BCUT2D eigenvalue weighted by atomic mass is 35.5. The summed E-state index contributed by atoms with van der Waals surface area (Å²) in [6, 6.07) is 4.96. The summed E-state index contributed by atoms with van der Waals surface area (Å²) in [5.41, 5.74) is 0.987. The van der Waals surface area contributed by atoms with Gasteiger partial charge in [-0.3, -0.25) is 4.90 Å². The van der Waals surface area contributed by atoms with Crippen molar-refractivity contribution in [2.75, 3.05) is 13.1 Å². The molecule has 0 bridgehead atoms. The summed E-state index contributed by atoms with van der Waals surface area (Å²) >= 11 is 5.75. The zero-order chi connectivity index (χ0) is 11.7. The maximum atomic E-state index is 13.0. The van der Waals surface area contributed by atoms with E-state index in [0.717, 1.165) is 18.5 Å². The third-order valence-electron chi connectivity index (χ3n) is 3.17. The number of β-amino-alcohol motifs (C(OH)–C–C–N with tert-alkyl or cyclic N) is 1. The molecule has 0 spiro atoms. The number of likely N-dealkylation sites (tertiary alicyclic amines) is 1. The van der Waals surface area contributed by atoms with Crippen LogP contribution in [0.1, 0.15) is 24.9 Å². The fourth-order valence-electron chi connectivity index (χ4n) is 2.10. The van der Waals surface area contributed by atoms with Crippen molar-refractivity contribution in [3.8, 4) is 0 Å². The van der Waals surface area contributed by atoms with Crippen molar-refractivity contribution in [2.24, 2.45) is 0 Å². The SMILES string of the molecule is CC(c1ccc(F)c(Cl)c1)N1CC[C@@H](O)C1. The van der Waals surface area contributed by atoms with Crippen LogP contribution in [0, 0.1) is 5.82 Å². The second kappa shape index (κ2) is 4.70. The number of aliphatic hydroxyl groups excluding tert-OH is 1. The fourth-order valence-corrected chi connectivity index (χ4v) is 2.29. The van der Waals surface area contributed by atoms with Gasteiger partial charge in [0.25, 0.3) is 0 Å². The number of hydrogen-bond donors (Lipinski definition) is 1. The van der Waals surface area contributed by atoms with Crippen LogP contribution in [-0.2, 0) is 0 Å². The van der Waals surface area contributed by atoms with Gasteiger partial charge in [0.05, 0.1) is 11.1 Å². The van der Waals surface area contributed by atoms with Gasteiger partial charge in [0.2, 0.25) is 0 Å². The molecule has 16 heavy (non-hydrogen) atoms. The van der Waals surface area contributed by atoms with E-state index in [-0.39, 0.29) is 23.0 Å². The summed E-state index contributed by atoms with van der Waals surface area (Å²) in [6.45, 7) is 3.59. The van der Waals surface area contributed by atoms with Crippen LogP contribution >= 0.6 is 11.6 Å². The average molecular weight is 244 g/mol. The lowest BCUT2D eigenvalue weighted by Gasteiger charge is -2.24. The van der Waals surface area contributed by atoms with E-state index in [2.05, 4.69) is 4.90 Å². The van der Waals surface area contributed by atoms with Gasteiger partial charge in [0.1, 0.15) is 5.82 Å². The first-order chi connectivity index (χ1) is 7.58. The lowest BCUT2D eigenvalue weighted by atomic mass is 10.1. The summed E-state index contributed by atoms with van der Waals surface area (Å²) in [7, 11) is 0. The highest BCUT2D eigenvalue weighted by molar-refractivity contribution is 6.30. The van der Waals surface area contributed by atoms with Crippen LogP contribution in [0.2, 0.25) is 5.02 Å². The molecule has 1 aromatic carbocycles. The van der Waals surface area contributed by atoms with Gasteiger partial charge < -0.3 is 5.11 Å². The van der Waals surface area contributed by atoms with Crippen LogP contribution in [0.25, 0.3) is 0 Å². The van der Waals surface area contributed by atoms with E-state index in [1.54, 1.807) is 12.1 Å². The number of aliphatic hydroxyl groups is 1. The van der Waals surface area contributed by atoms with Crippen molar-refractivity contribution >= 4 is 11.6 Å². The monoisotopic (exact) mass is 243 g/mol. The number of rotatable bonds is 2. The first-order valence-electron chi connectivity index (χ1n) is 5.45. The lowest BCUT2D eigenvalue weighted by Crippen LogP contribution is -2.25. The summed E-state index contributed by atoms with van der Waals surface area (Å²) in [5.74, 6) is -0.390. The predicted octanol–water partition coefficient (Wildman–Crippen LogP) is 2.61. The molecule has 0 radical (unpaired) electrons. The van der Waals surface area contributed by atoms with Crippen LogP contribution in [0.15, 0.2) is 18.2 Å². The molecule has 1 aliphatic rings. The molecule has 2 atom stereocenters. The van der Waals surface area contributed by atoms with Gasteiger partial charge in [0, 0.05) is 19.1 Å². The number of halogens is 2. The number of nitrogens with zero attached hydrogens (tertiary/aromatic N) is 1. The van der Waals surface area contributed by atoms with E-state index in [1.165, 1.54) is 6.07 Å². The smallest absolute Gasteiger partial charge is 0.141 e. The lowest BCUT2D eigenvalue weighted by molar-refractivity contribution is 0.163. The summed E-state index contributed by atoms with van der Waals surface area (Å²) in [5, 5.41) is 9.62. The second-order valence-corrected chi connectivity index (χ2v) is 4.69. The van der Waals surface area contributed by atoms with Crippen LogP contribution in [0.5, 0.6) is 0 Å². The predicted molar refractivity (Wildman–Crippen MR) is 62.0 cm³/mol. The molecule has 0 amide bonds. The topological polar surface area (TPSA) is 23.5 Å². The minimum atomic E-state index is -0.390. The fraction of sp³-hybridized carbons (Fsp3) is 0.500. The van der Waals surface area contributed by atoms with E-state index >= 15 is 0 Å². The Hall–Kier alpha value is -0.640. The standard InChI is InChI=1S/C12H15ClFNO/c1-8(15-5-4-10(16)7-15)9-2-3-12(14)11(13)6-9/h2-3,6,8,10,16H,4-5,7H2,1H3/t8?,10-/m1/s1. The molecule has 1 unspecified atom stereocenters.